The summed E-state index contributed by atoms with van der Waals surface area (Å²) in [6.45, 7) is 1.56. The van der Waals surface area contributed by atoms with Gasteiger partial charge in [-0.1, -0.05) is 6.92 Å². The van der Waals surface area contributed by atoms with Gasteiger partial charge < -0.3 is 10.2 Å². The van der Waals surface area contributed by atoms with Gasteiger partial charge in [0, 0.05) is 5.92 Å². The van der Waals surface area contributed by atoms with Crippen LogP contribution in [0.5, 0.6) is 5.75 Å². The van der Waals surface area contributed by atoms with E-state index in [2.05, 4.69) is 0 Å². The number of aliphatic carboxylic acids is 1. The number of sulfone groups is 1. The molecule has 96 valence electrons. The fourth-order valence-corrected chi connectivity index (χ4v) is 3.86. The summed E-state index contributed by atoms with van der Waals surface area (Å²) in [4.78, 5) is 10.8. The SMILES string of the molecule is CC(CC(=O)O)C1=Cc2ccc(O)cc2S1(=O)=O. The molecule has 1 aromatic carbocycles. The molecule has 1 unspecified atom stereocenters. The lowest BCUT2D eigenvalue weighted by Gasteiger charge is -2.10. The molecule has 1 aromatic rings. The van der Waals surface area contributed by atoms with E-state index < -0.39 is 21.7 Å². The first-order valence-corrected chi connectivity index (χ1v) is 6.82. The standard InChI is InChI=1S/C12H12O5S/c1-7(4-12(14)15)10-5-8-2-3-9(13)6-11(8)18(10,16)17/h2-3,5-7,13H,4H2,1H3,(H,14,15). The number of phenols is 1. The highest BCUT2D eigenvalue weighted by Gasteiger charge is 2.33. The van der Waals surface area contributed by atoms with Crippen LogP contribution < -0.4 is 0 Å². The van der Waals surface area contributed by atoms with E-state index in [4.69, 9.17) is 5.11 Å². The van der Waals surface area contributed by atoms with Gasteiger partial charge in [-0.2, -0.15) is 0 Å². The monoisotopic (exact) mass is 268 g/mol. The van der Waals surface area contributed by atoms with Gasteiger partial charge in [0.1, 0.15) is 5.75 Å². The molecule has 1 aliphatic heterocycles. The highest BCUT2D eigenvalue weighted by Crippen LogP contribution is 2.39. The van der Waals surface area contributed by atoms with Crippen molar-refractivity contribution in [2.24, 2.45) is 5.92 Å². The Morgan fingerprint density at radius 2 is 2.06 bits per heavy atom. The predicted molar refractivity (Wildman–Crippen MR) is 64.7 cm³/mol. The Hall–Kier alpha value is -1.82. The van der Waals surface area contributed by atoms with Crippen LogP contribution in [0.4, 0.5) is 0 Å². The first kappa shape index (κ1) is 12.6. The number of rotatable bonds is 3. The number of hydrogen-bond donors (Lipinski definition) is 2. The summed E-state index contributed by atoms with van der Waals surface area (Å²) in [5.41, 5.74) is 0.486. The highest BCUT2D eigenvalue weighted by atomic mass is 32.2. The number of carboxylic acid groups (broad SMARTS) is 1. The lowest BCUT2D eigenvalue weighted by Crippen LogP contribution is -2.12. The van der Waals surface area contributed by atoms with Gasteiger partial charge in [-0.3, -0.25) is 4.79 Å². The van der Waals surface area contributed by atoms with Crippen molar-refractivity contribution >= 4 is 21.9 Å². The van der Waals surface area contributed by atoms with Crippen LogP contribution in [0.3, 0.4) is 0 Å². The van der Waals surface area contributed by atoms with E-state index in [-0.39, 0.29) is 22.0 Å². The second kappa shape index (κ2) is 4.13. The maximum Gasteiger partial charge on any atom is 0.303 e. The van der Waals surface area contributed by atoms with Crippen LogP contribution in [0, 0.1) is 5.92 Å². The minimum Gasteiger partial charge on any atom is -0.508 e. The molecule has 0 spiro atoms. The van der Waals surface area contributed by atoms with Gasteiger partial charge in [-0.05, 0) is 29.8 Å². The van der Waals surface area contributed by atoms with Gasteiger partial charge in [0.2, 0.25) is 9.84 Å². The topological polar surface area (TPSA) is 91.7 Å². The van der Waals surface area contributed by atoms with Crippen LogP contribution in [-0.4, -0.2) is 24.6 Å². The molecular weight excluding hydrogens is 256 g/mol. The first-order chi connectivity index (χ1) is 8.32. The largest absolute Gasteiger partial charge is 0.508 e. The van der Waals surface area contributed by atoms with E-state index in [0.717, 1.165) is 0 Å². The molecule has 0 aromatic heterocycles. The maximum atomic E-state index is 12.2. The molecule has 18 heavy (non-hydrogen) atoms. The molecule has 2 N–H and O–H groups in total. The maximum absolute atomic E-state index is 12.2. The van der Waals surface area contributed by atoms with Gasteiger partial charge >= 0.3 is 5.97 Å². The molecule has 2 rings (SSSR count). The fraction of sp³-hybridized carbons (Fsp3) is 0.250. The molecule has 6 heteroatoms. The zero-order chi connectivity index (χ0) is 13.5. The lowest BCUT2D eigenvalue weighted by molar-refractivity contribution is -0.137. The Morgan fingerprint density at radius 1 is 1.39 bits per heavy atom. The zero-order valence-electron chi connectivity index (χ0n) is 9.62. The van der Waals surface area contributed by atoms with Crippen LogP contribution in [0.25, 0.3) is 6.08 Å². The number of carboxylic acids is 1. The average Bonchev–Trinajstić information content (AvgIpc) is 2.50. The molecule has 0 saturated heterocycles. The molecule has 1 atom stereocenters. The smallest absolute Gasteiger partial charge is 0.303 e. The molecule has 5 nitrogen and oxygen atoms in total. The predicted octanol–water partition coefficient (Wildman–Crippen LogP) is 1.63. The van der Waals surface area contributed by atoms with Crippen molar-refractivity contribution in [3.05, 3.63) is 28.7 Å². The van der Waals surface area contributed by atoms with Gasteiger partial charge in [0.15, 0.2) is 0 Å². The third-order valence-electron chi connectivity index (χ3n) is 2.86. The van der Waals surface area contributed by atoms with Crippen LogP contribution >= 0.6 is 0 Å². The van der Waals surface area contributed by atoms with Gasteiger partial charge in [0.05, 0.1) is 16.2 Å². The second-order valence-corrected chi connectivity index (χ2v) is 6.19. The van der Waals surface area contributed by atoms with Crippen molar-refractivity contribution in [2.75, 3.05) is 0 Å². The van der Waals surface area contributed by atoms with Gasteiger partial charge in [-0.15, -0.1) is 0 Å². The minimum absolute atomic E-state index is 0.0368. The van der Waals surface area contributed by atoms with Crippen LogP contribution in [0.1, 0.15) is 18.9 Å². The van der Waals surface area contributed by atoms with E-state index >= 15 is 0 Å². The van der Waals surface area contributed by atoms with Crippen molar-refractivity contribution in [3.63, 3.8) is 0 Å². The quantitative estimate of drug-likeness (QED) is 0.869. The number of hydrogen-bond acceptors (Lipinski definition) is 4. The first-order valence-electron chi connectivity index (χ1n) is 5.34. The normalized spacial score (nSPS) is 17.9. The average molecular weight is 268 g/mol. The van der Waals surface area contributed by atoms with Crippen molar-refractivity contribution in [1.82, 2.24) is 0 Å². The molecule has 0 amide bonds. The Balaban J connectivity index is 2.47. The summed E-state index contributed by atoms with van der Waals surface area (Å²) in [5.74, 6) is -1.77. The molecule has 1 aliphatic rings. The number of benzene rings is 1. The number of allylic oxidation sites excluding steroid dienone is 1. The van der Waals surface area contributed by atoms with Crippen LogP contribution in [0.2, 0.25) is 0 Å². The van der Waals surface area contributed by atoms with E-state index in [1.165, 1.54) is 24.3 Å². The summed E-state index contributed by atoms with van der Waals surface area (Å²) in [5, 5.41) is 18.0. The fourth-order valence-electron chi connectivity index (χ4n) is 2.00. The Bertz CT molecular complexity index is 642. The highest BCUT2D eigenvalue weighted by molar-refractivity contribution is 7.95. The number of aromatic hydroxyl groups is 1. The summed E-state index contributed by atoms with van der Waals surface area (Å²) in [6.07, 6.45) is 1.22. The van der Waals surface area contributed by atoms with Crippen molar-refractivity contribution in [1.29, 1.82) is 0 Å². The van der Waals surface area contributed by atoms with Crippen molar-refractivity contribution < 1.29 is 23.4 Å². The minimum atomic E-state index is -3.68. The van der Waals surface area contributed by atoms with Crippen LogP contribution in [-0.2, 0) is 14.6 Å². The van der Waals surface area contributed by atoms with Crippen LogP contribution in [0.15, 0.2) is 28.0 Å². The summed E-state index contributed by atoms with van der Waals surface area (Å²) < 4.78 is 24.4. The molecule has 0 fully saturated rings. The summed E-state index contributed by atoms with van der Waals surface area (Å²) in [7, 11) is -3.68. The molecular formula is C12H12O5S. The zero-order valence-corrected chi connectivity index (χ0v) is 10.4. The Labute approximate surface area is 104 Å². The third-order valence-corrected chi connectivity index (χ3v) is 4.93. The molecule has 0 saturated carbocycles. The van der Waals surface area contributed by atoms with E-state index in [0.29, 0.717) is 5.56 Å². The Morgan fingerprint density at radius 3 is 2.67 bits per heavy atom. The van der Waals surface area contributed by atoms with Gasteiger partial charge in [0.25, 0.3) is 0 Å². The molecule has 0 aliphatic carbocycles. The molecule has 1 heterocycles. The Kier molecular flexibility index (Phi) is 2.90. The van der Waals surface area contributed by atoms with Crippen molar-refractivity contribution in [2.45, 2.75) is 18.2 Å². The van der Waals surface area contributed by atoms with E-state index in [9.17, 15) is 18.3 Å². The van der Waals surface area contributed by atoms with E-state index in [1.807, 2.05) is 0 Å². The number of phenolic OH excluding ortho intramolecular Hbond substituents is 1. The van der Waals surface area contributed by atoms with Gasteiger partial charge in [-0.25, -0.2) is 8.42 Å². The van der Waals surface area contributed by atoms with E-state index in [1.54, 1.807) is 6.92 Å². The molecule has 0 radical (unpaired) electrons. The van der Waals surface area contributed by atoms with Crippen molar-refractivity contribution in [3.8, 4) is 5.75 Å². The summed E-state index contributed by atoms with van der Waals surface area (Å²) in [6, 6.07) is 4.08. The lowest BCUT2D eigenvalue weighted by atomic mass is 10.1. The third kappa shape index (κ3) is 1.99. The summed E-state index contributed by atoms with van der Waals surface area (Å²) >= 11 is 0. The second-order valence-electron chi connectivity index (χ2n) is 4.27. The number of fused-ring (bicyclic) bond motifs is 1. The molecule has 0 bridgehead atoms. The number of carbonyl (C=O) groups is 1.